The number of nitrogens with one attached hydrogen (secondary N) is 2. The fourth-order valence-electron chi connectivity index (χ4n) is 3.33. The Hall–Kier alpha value is -2.66. The summed E-state index contributed by atoms with van der Waals surface area (Å²) in [5, 5.41) is 11.2. The van der Waals surface area contributed by atoms with E-state index in [1.165, 1.54) is 18.4 Å². The lowest BCUT2D eigenvalue weighted by Crippen LogP contribution is -2.43. The lowest BCUT2D eigenvalue weighted by atomic mass is 9.96. The highest BCUT2D eigenvalue weighted by molar-refractivity contribution is 7.17. The Morgan fingerprint density at radius 1 is 1.28 bits per heavy atom. The summed E-state index contributed by atoms with van der Waals surface area (Å²) in [5.74, 6) is -0.594. The summed E-state index contributed by atoms with van der Waals surface area (Å²) in [6, 6.07) is -0.291. The van der Waals surface area contributed by atoms with Crippen LogP contribution in [-0.4, -0.2) is 79.1 Å². The molecular weight excluding hydrogens is 396 g/mol. The van der Waals surface area contributed by atoms with Crippen LogP contribution in [-0.2, 0) is 14.3 Å². The van der Waals surface area contributed by atoms with Crippen molar-refractivity contribution < 1.29 is 19.1 Å². The highest BCUT2D eigenvalue weighted by Crippen LogP contribution is 2.32. The number of carbonyl (C=O) groups excluding carboxylic acids is 2. The quantitative estimate of drug-likeness (QED) is 0.481. The third-order valence-corrected chi connectivity index (χ3v) is 6.12. The summed E-state index contributed by atoms with van der Waals surface area (Å²) in [5.41, 5.74) is 6.42. The first kappa shape index (κ1) is 21.1. The van der Waals surface area contributed by atoms with E-state index >= 15 is 0 Å². The number of anilines is 1. The fraction of sp³-hybridized carbons (Fsp3) is 0.556. The number of primary amides is 1. The minimum Gasteiger partial charge on any atom is -0.480 e. The van der Waals surface area contributed by atoms with Gasteiger partial charge < -0.3 is 25.0 Å². The number of urea groups is 1. The van der Waals surface area contributed by atoms with E-state index in [1.54, 1.807) is 4.90 Å². The molecule has 3 amide bonds. The molecule has 3 heterocycles. The predicted molar refractivity (Wildman–Crippen MR) is 110 cm³/mol. The van der Waals surface area contributed by atoms with E-state index in [1.807, 2.05) is 0 Å². The molecule has 2 aliphatic rings. The first-order valence-electron chi connectivity index (χ1n) is 9.41. The number of ether oxygens (including phenoxy) is 2. The molecule has 0 saturated carbocycles. The van der Waals surface area contributed by atoms with E-state index in [4.69, 9.17) is 20.6 Å². The number of morpholine rings is 1. The molecular formula is C18H26N6O4S. The molecule has 0 radical (unpaired) electrons. The van der Waals surface area contributed by atoms with Crippen LogP contribution in [0.15, 0.2) is 6.58 Å². The van der Waals surface area contributed by atoms with Crippen molar-refractivity contribution in [3.8, 4) is 0 Å². The zero-order chi connectivity index (χ0) is 21.0. The Kier molecular flexibility index (Phi) is 6.70. The average molecular weight is 423 g/mol. The number of likely N-dealkylation sites (tertiary alicyclic amines) is 1. The zero-order valence-corrected chi connectivity index (χ0v) is 17.2. The molecule has 0 atom stereocenters. The summed E-state index contributed by atoms with van der Waals surface area (Å²) < 4.78 is 10.4. The largest absolute Gasteiger partial charge is 0.480 e. The minimum atomic E-state index is -0.320. The van der Waals surface area contributed by atoms with Crippen molar-refractivity contribution in [1.82, 2.24) is 14.8 Å². The molecule has 2 saturated heterocycles. The Morgan fingerprint density at radius 2 is 1.93 bits per heavy atom. The highest BCUT2D eigenvalue weighted by Gasteiger charge is 2.28. The van der Waals surface area contributed by atoms with E-state index < -0.39 is 0 Å². The lowest BCUT2D eigenvalue weighted by Gasteiger charge is -2.30. The second kappa shape index (κ2) is 9.23. The number of rotatable bonds is 5. The van der Waals surface area contributed by atoms with Gasteiger partial charge in [-0.15, -0.1) is 0 Å². The van der Waals surface area contributed by atoms with Crippen LogP contribution < -0.4 is 11.1 Å². The maximum Gasteiger partial charge on any atom is 0.323 e. The van der Waals surface area contributed by atoms with Gasteiger partial charge in [0.2, 0.25) is 11.8 Å². The Labute approximate surface area is 173 Å². The van der Waals surface area contributed by atoms with Gasteiger partial charge in [0.05, 0.1) is 25.2 Å². The molecule has 4 N–H and O–H groups in total. The molecule has 2 aliphatic heterocycles. The number of methoxy groups -OCH3 is 1. The molecule has 10 nitrogen and oxygen atoms in total. The number of hydrogen-bond acceptors (Lipinski definition) is 8. The van der Waals surface area contributed by atoms with Crippen molar-refractivity contribution in [1.29, 1.82) is 5.41 Å². The standard InChI is InChI=1S/C18H26N6O4S/c1-11(23-7-9-28-10-8-23)14-13(16(20)27-2)21-17(29-14)22-18(26)24-5-3-12(4-6-24)15(19)25/h12,20H,1,3-10H2,2H3,(H2,19,25)(H,21,22,26). The van der Waals surface area contributed by atoms with Crippen molar-refractivity contribution in [3.05, 3.63) is 17.2 Å². The van der Waals surface area contributed by atoms with E-state index in [2.05, 4.69) is 21.8 Å². The molecule has 0 aromatic carbocycles. The summed E-state index contributed by atoms with van der Waals surface area (Å²) in [7, 11) is 1.41. The normalized spacial score (nSPS) is 17.7. The number of piperidine rings is 1. The minimum absolute atomic E-state index is 0.0894. The number of amides is 3. The summed E-state index contributed by atoms with van der Waals surface area (Å²) in [6.07, 6.45) is 1.11. The van der Waals surface area contributed by atoms with Crippen molar-refractivity contribution in [3.63, 3.8) is 0 Å². The van der Waals surface area contributed by atoms with Crippen molar-refractivity contribution in [2.24, 2.45) is 11.7 Å². The number of aromatic nitrogens is 1. The Bertz CT molecular complexity index is 796. The topological polar surface area (TPSA) is 134 Å². The van der Waals surface area contributed by atoms with Gasteiger partial charge in [-0.05, 0) is 12.8 Å². The Morgan fingerprint density at radius 3 is 2.52 bits per heavy atom. The van der Waals surface area contributed by atoms with Crippen LogP contribution in [0.2, 0.25) is 0 Å². The van der Waals surface area contributed by atoms with Gasteiger partial charge in [0.15, 0.2) is 5.13 Å². The number of thiazole rings is 1. The second-order valence-electron chi connectivity index (χ2n) is 6.87. The molecule has 0 bridgehead atoms. The summed E-state index contributed by atoms with van der Waals surface area (Å²) in [6.45, 7) is 7.69. The molecule has 158 valence electrons. The monoisotopic (exact) mass is 422 g/mol. The smallest absolute Gasteiger partial charge is 0.323 e. The molecule has 29 heavy (non-hydrogen) atoms. The van der Waals surface area contributed by atoms with Crippen molar-refractivity contribution in [2.45, 2.75) is 12.8 Å². The van der Waals surface area contributed by atoms with Gasteiger partial charge >= 0.3 is 6.03 Å². The molecule has 3 rings (SSSR count). The zero-order valence-electron chi connectivity index (χ0n) is 16.4. The van der Waals surface area contributed by atoms with Crippen LogP contribution in [0.5, 0.6) is 0 Å². The average Bonchev–Trinajstić information content (AvgIpc) is 3.17. The van der Waals surface area contributed by atoms with E-state index in [0.29, 0.717) is 67.9 Å². The predicted octanol–water partition coefficient (Wildman–Crippen LogP) is 1.15. The van der Waals surface area contributed by atoms with Crippen molar-refractivity contribution in [2.75, 3.05) is 51.8 Å². The molecule has 0 spiro atoms. The van der Waals surface area contributed by atoms with Crippen LogP contribution in [0.1, 0.15) is 23.4 Å². The lowest BCUT2D eigenvalue weighted by molar-refractivity contribution is -0.122. The number of hydrogen-bond donors (Lipinski definition) is 3. The summed E-state index contributed by atoms with van der Waals surface area (Å²) >= 11 is 1.26. The number of nitrogens with zero attached hydrogens (tertiary/aromatic N) is 3. The summed E-state index contributed by atoms with van der Waals surface area (Å²) in [4.78, 5) is 32.7. The van der Waals surface area contributed by atoms with Gasteiger partial charge in [-0.3, -0.25) is 15.5 Å². The number of nitrogens with two attached hydrogens (primary N) is 1. The van der Waals surface area contributed by atoms with E-state index in [-0.39, 0.29) is 23.8 Å². The highest BCUT2D eigenvalue weighted by atomic mass is 32.1. The van der Waals surface area contributed by atoms with Gasteiger partial charge in [0.25, 0.3) is 0 Å². The van der Waals surface area contributed by atoms with Gasteiger partial charge in [0, 0.05) is 37.8 Å². The molecule has 1 aromatic rings. The maximum absolute atomic E-state index is 12.6. The van der Waals surface area contributed by atoms with Crippen LogP contribution in [0.25, 0.3) is 5.70 Å². The van der Waals surface area contributed by atoms with Crippen LogP contribution in [0, 0.1) is 11.3 Å². The molecule has 11 heteroatoms. The fourth-order valence-corrected chi connectivity index (χ4v) is 4.28. The molecule has 0 aliphatic carbocycles. The molecule has 1 aromatic heterocycles. The first-order valence-corrected chi connectivity index (χ1v) is 10.2. The van der Waals surface area contributed by atoms with Crippen LogP contribution in [0.4, 0.5) is 9.93 Å². The third kappa shape index (κ3) is 4.85. The van der Waals surface area contributed by atoms with Crippen molar-refractivity contribution >= 4 is 40.0 Å². The van der Waals surface area contributed by atoms with Crippen LogP contribution >= 0.6 is 11.3 Å². The number of carbonyl (C=O) groups is 2. The van der Waals surface area contributed by atoms with E-state index in [9.17, 15) is 9.59 Å². The molecule has 2 fully saturated rings. The van der Waals surface area contributed by atoms with Gasteiger partial charge in [-0.1, -0.05) is 17.9 Å². The van der Waals surface area contributed by atoms with Gasteiger partial charge in [0.1, 0.15) is 5.69 Å². The van der Waals surface area contributed by atoms with E-state index in [0.717, 1.165) is 5.70 Å². The Balaban J connectivity index is 1.72. The second-order valence-corrected chi connectivity index (χ2v) is 7.87. The maximum atomic E-state index is 12.6. The van der Waals surface area contributed by atoms with Crippen LogP contribution in [0.3, 0.4) is 0 Å². The molecule has 0 unspecified atom stereocenters. The van der Waals surface area contributed by atoms with Gasteiger partial charge in [-0.25, -0.2) is 9.78 Å². The third-order valence-electron chi connectivity index (χ3n) is 5.10. The van der Waals surface area contributed by atoms with Gasteiger partial charge in [-0.2, -0.15) is 0 Å². The SMILES string of the molecule is C=C(c1sc(NC(=O)N2CCC(C(N)=O)CC2)nc1C(=N)OC)N1CCOCC1. The first-order chi connectivity index (χ1) is 13.9.